The predicted molar refractivity (Wildman–Crippen MR) is 78.7 cm³/mol. The van der Waals surface area contributed by atoms with Crippen molar-refractivity contribution < 1.29 is 18.1 Å². The molecule has 0 bridgehead atoms. The number of nitrogens with zero attached hydrogens (tertiary/aromatic N) is 4. The van der Waals surface area contributed by atoms with Gasteiger partial charge in [-0.2, -0.15) is 13.2 Å². The molecule has 2 aromatic rings. The molecule has 128 valence electrons. The SMILES string of the molecule is O=[N+]([O-])c1ccc(N2CCC(c3ncc(C(F)(F)F)[nH]3)CC2)nc1. The van der Waals surface area contributed by atoms with E-state index in [4.69, 9.17) is 0 Å². The van der Waals surface area contributed by atoms with Crippen LogP contribution in [0.5, 0.6) is 0 Å². The second-order valence-corrected chi connectivity index (χ2v) is 5.57. The van der Waals surface area contributed by atoms with Crippen LogP contribution in [0.25, 0.3) is 0 Å². The van der Waals surface area contributed by atoms with E-state index in [1.807, 2.05) is 4.90 Å². The van der Waals surface area contributed by atoms with Gasteiger partial charge in [0.2, 0.25) is 0 Å². The van der Waals surface area contributed by atoms with Crippen LogP contribution in [0.15, 0.2) is 24.5 Å². The maximum Gasteiger partial charge on any atom is 0.432 e. The second-order valence-electron chi connectivity index (χ2n) is 5.57. The molecule has 0 aromatic carbocycles. The summed E-state index contributed by atoms with van der Waals surface area (Å²) in [4.78, 5) is 22.3. The van der Waals surface area contributed by atoms with Crippen molar-refractivity contribution in [3.8, 4) is 0 Å². The summed E-state index contributed by atoms with van der Waals surface area (Å²) in [5, 5.41) is 10.6. The molecule has 3 rings (SSSR count). The molecule has 10 heteroatoms. The fourth-order valence-electron chi connectivity index (χ4n) is 2.74. The molecule has 3 heterocycles. The summed E-state index contributed by atoms with van der Waals surface area (Å²) in [5.41, 5.74) is -0.916. The molecule has 1 aliphatic rings. The van der Waals surface area contributed by atoms with Crippen molar-refractivity contribution in [3.05, 3.63) is 46.2 Å². The molecule has 1 N–H and O–H groups in total. The Morgan fingerprint density at radius 3 is 2.42 bits per heavy atom. The van der Waals surface area contributed by atoms with Crippen molar-refractivity contribution in [2.24, 2.45) is 0 Å². The summed E-state index contributed by atoms with van der Waals surface area (Å²) in [7, 11) is 0. The Hall–Kier alpha value is -2.65. The number of hydrogen-bond donors (Lipinski definition) is 1. The Morgan fingerprint density at radius 2 is 1.92 bits per heavy atom. The number of piperidine rings is 1. The number of nitro groups is 1. The lowest BCUT2D eigenvalue weighted by Gasteiger charge is -2.31. The normalized spacial score (nSPS) is 16.4. The summed E-state index contributed by atoms with van der Waals surface area (Å²) < 4.78 is 37.8. The Labute approximate surface area is 134 Å². The number of anilines is 1. The molecule has 1 saturated heterocycles. The number of pyridine rings is 1. The zero-order valence-corrected chi connectivity index (χ0v) is 12.5. The summed E-state index contributed by atoms with van der Waals surface area (Å²) >= 11 is 0. The zero-order valence-electron chi connectivity index (χ0n) is 12.5. The largest absolute Gasteiger partial charge is 0.432 e. The van der Waals surface area contributed by atoms with E-state index in [-0.39, 0.29) is 11.6 Å². The molecular weight excluding hydrogens is 327 g/mol. The molecule has 0 amide bonds. The van der Waals surface area contributed by atoms with Crippen LogP contribution in [-0.2, 0) is 6.18 Å². The average molecular weight is 341 g/mol. The molecule has 2 aromatic heterocycles. The third-order valence-corrected chi connectivity index (χ3v) is 4.05. The topological polar surface area (TPSA) is 88.0 Å². The van der Waals surface area contributed by atoms with Gasteiger partial charge in [-0.15, -0.1) is 0 Å². The van der Waals surface area contributed by atoms with Crippen molar-refractivity contribution >= 4 is 11.5 Å². The zero-order chi connectivity index (χ0) is 17.3. The fraction of sp³-hybridized carbons (Fsp3) is 0.429. The molecule has 1 fully saturated rings. The van der Waals surface area contributed by atoms with E-state index >= 15 is 0 Å². The number of halogens is 3. The van der Waals surface area contributed by atoms with Crippen LogP contribution < -0.4 is 4.90 Å². The van der Waals surface area contributed by atoms with Crippen LogP contribution in [0.1, 0.15) is 30.3 Å². The van der Waals surface area contributed by atoms with Crippen molar-refractivity contribution in [2.75, 3.05) is 18.0 Å². The minimum Gasteiger partial charge on any atom is -0.357 e. The van der Waals surface area contributed by atoms with Crippen LogP contribution in [0.4, 0.5) is 24.7 Å². The number of nitrogens with one attached hydrogen (secondary N) is 1. The third-order valence-electron chi connectivity index (χ3n) is 4.05. The lowest BCUT2D eigenvalue weighted by atomic mass is 9.96. The highest BCUT2D eigenvalue weighted by Crippen LogP contribution is 2.32. The number of hydrogen-bond acceptors (Lipinski definition) is 5. The number of alkyl halides is 3. The Bertz CT molecular complexity index is 721. The van der Waals surface area contributed by atoms with Gasteiger partial charge in [-0.05, 0) is 18.9 Å². The molecule has 0 atom stereocenters. The Morgan fingerprint density at radius 1 is 1.21 bits per heavy atom. The third kappa shape index (κ3) is 3.31. The first-order valence-corrected chi connectivity index (χ1v) is 7.32. The first-order valence-electron chi connectivity index (χ1n) is 7.32. The van der Waals surface area contributed by atoms with Crippen molar-refractivity contribution in [2.45, 2.75) is 24.9 Å². The van der Waals surface area contributed by atoms with Gasteiger partial charge in [-0.25, -0.2) is 9.97 Å². The second kappa shape index (κ2) is 6.10. The van der Waals surface area contributed by atoms with Crippen molar-refractivity contribution in [1.82, 2.24) is 15.0 Å². The minimum absolute atomic E-state index is 0.0737. The van der Waals surface area contributed by atoms with E-state index in [0.717, 1.165) is 6.20 Å². The fourth-order valence-corrected chi connectivity index (χ4v) is 2.74. The first kappa shape index (κ1) is 16.2. The summed E-state index contributed by atoms with van der Waals surface area (Å²) in [6.45, 7) is 1.19. The van der Waals surface area contributed by atoms with Gasteiger partial charge in [0.15, 0.2) is 0 Å². The van der Waals surface area contributed by atoms with E-state index in [9.17, 15) is 23.3 Å². The highest BCUT2D eigenvalue weighted by Gasteiger charge is 2.34. The average Bonchev–Trinajstić information content (AvgIpc) is 3.05. The monoisotopic (exact) mass is 341 g/mol. The van der Waals surface area contributed by atoms with E-state index in [1.165, 1.54) is 12.3 Å². The van der Waals surface area contributed by atoms with Gasteiger partial charge in [0, 0.05) is 25.1 Å². The van der Waals surface area contributed by atoms with Gasteiger partial charge in [0.25, 0.3) is 5.69 Å². The molecule has 7 nitrogen and oxygen atoms in total. The molecular formula is C14H14F3N5O2. The smallest absolute Gasteiger partial charge is 0.357 e. The lowest BCUT2D eigenvalue weighted by molar-refractivity contribution is -0.385. The quantitative estimate of drug-likeness (QED) is 0.684. The van der Waals surface area contributed by atoms with Crippen LogP contribution in [0.2, 0.25) is 0 Å². The van der Waals surface area contributed by atoms with Crippen LogP contribution >= 0.6 is 0 Å². The number of aromatic nitrogens is 3. The maximum atomic E-state index is 12.6. The van der Waals surface area contributed by atoms with Gasteiger partial charge in [-0.1, -0.05) is 0 Å². The molecule has 0 unspecified atom stereocenters. The Kier molecular flexibility index (Phi) is 4.12. The van der Waals surface area contributed by atoms with Gasteiger partial charge >= 0.3 is 6.18 Å². The molecule has 0 radical (unpaired) electrons. The molecule has 0 saturated carbocycles. The number of H-pyrrole nitrogens is 1. The standard InChI is InChI=1S/C14H14F3N5O2/c15-14(16,17)11-8-19-13(20-11)9-3-5-21(6-4-9)12-2-1-10(7-18-12)22(23)24/h1-2,7-9H,3-6H2,(H,19,20). The van der Waals surface area contributed by atoms with E-state index in [1.54, 1.807) is 6.07 Å². The van der Waals surface area contributed by atoms with E-state index < -0.39 is 16.8 Å². The summed E-state index contributed by atoms with van der Waals surface area (Å²) in [6, 6.07) is 2.96. The van der Waals surface area contributed by atoms with Gasteiger partial charge in [0.05, 0.1) is 11.1 Å². The summed E-state index contributed by atoms with van der Waals surface area (Å²) in [6.07, 6.45) is -1.15. The molecule has 0 aliphatic carbocycles. The Balaban J connectivity index is 1.63. The van der Waals surface area contributed by atoms with E-state index in [2.05, 4.69) is 15.0 Å². The number of aromatic amines is 1. The van der Waals surface area contributed by atoms with Crippen LogP contribution in [0.3, 0.4) is 0 Å². The van der Waals surface area contributed by atoms with E-state index in [0.29, 0.717) is 37.6 Å². The van der Waals surface area contributed by atoms with Crippen molar-refractivity contribution in [3.63, 3.8) is 0 Å². The molecule has 1 aliphatic heterocycles. The number of rotatable bonds is 3. The number of imidazole rings is 1. The minimum atomic E-state index is -4.42. The molecule has 0 spiro atoms. The van der Waals surface area contributed by atoms with Gasteiger partial charge in [-0.3, -0.25) is 10.1 Å². The highest BCUT2D eigenvalue weighted by atomic mass is 19.4. The first-order chi connectivity index (χ1) is 11.3. The van der Waals surface area contributed by atoms with Crippen LogP contribution in [0, 0.1) is 10.1 Å². The van der Waals surface area contributed by atoms with Crippen molar-refractivity contribution in [1.29, 1.82) is 0 Å². The van der Waals surface area contributed by atoms with Gasteiger partial charge < -0.3 is 9.88 Å². The van der Waals surface area contributed by atoms with Gasteiger partial charge in [0.1, 0.15) is 23.5 Å². The maximum absolute atomic E-state index is 12.6. The summed E-state index contributed by atoms with van der Waals surface area (Å²) in [5.74, 6) is 0.892. The van der Waals surface area contributed by atoms with Crippen LogP contribution in [-0.4, -0.2) is 33.0 Å². The lowest BCUT2D eigenvalue weighted by Crippen LogP contribution is -2.33. The predicted octanol–water partition coefficient (Wildman–Crippen LogP) is 3.12. The highest BCUT2D eigenvalue weighted by molar-refractivity contribution is 5.43. The molecule has 24 heavy (non-hydrogen) atoms.